The summed E-state index contributed by atoms with van der Waals surface area (Å²) in [7, 11) is 1.49. The Morgan fingerprint density at radius 3 is 1.77 bits per heavy atom. The number of rotatable bonds is 6. The van der Waals surface area contributed by atoms with E-state index in [-0.39, 0.29) is 24.3 Å². The number of nitrogens with zero attached hydrogens (tertiary/aromatic N) is 1. The van der Waals surface area contributed by atoms with Crippen molar-refractivity contribution in [3.63, 3.8) is 0 Å². The summed E-state index contributed by atoms with van der Waals surface area (Å²) < 4.78 is 4.92. The number of carbonyl (C=O) groups excluding carboxylic acids is 1. The van der Waals surface area contributed by atoms with Gasteiger partial charge in [-0.2, -0.15) is 0 Å². The summed E-state index contributed by atoms with van der Waals surface area (Å²) in [6.07, 6.45) is 3.97. The highest BCUT2D eigenvalue weighted by molar-refractivity contribution is 5.85. The van der Waals surface area contributed by atoms with Gasteiger partial charge in [-0.3, -0.25) is 9.69 Å². The zero-order chi connectivity index (χ0) is 17.5. The van der Waals surface area contributed by atoms with Gasteiger partial charge in [-0.05, 0) is 36.8 Å². The summed E-state index contributed by atoms with van der Waals surface area (Å²) in [5.74, 6) is 0.0349. The van der Waals surface area contributed by atoms with E-state index in [1.165, 1.54) is 18.2 Å². The molecule has 0 saturated heterocycles. The fraction of sp³-hybridized carbons (Fsp3) is 0.409. The molecule has 0 spiro atoms. The van der Waals surface area contributed by atoms with Crippen molar-refractivity contribution in [2.24, 2.45) is 5.92 Å². The van der Waals surface area contributed by atoms with Crippen molar-refractivity contribution in [3.8, 4) is 0 Å². The molecule has 0 aromatic heterocycles. The molecule has 0 radical (unpaired) electrons. The van der Waals surface area contributed by atoms with E-state index in [1.54, 1.807) is 0 Å². The van der Waals surface area contributed by atoms with E-state index in [1.807, 2.05) is 0 Å². The maximum absolute atomic E-state index is 11.8. The van der Waals surface area contributed by atoms with Gasteiger partial charge in [0, 0.05) is 19.1 Å². The minimum atomic E-state index is -0.0453. The van der Waals surface area contributed by atoms with Crippen molar-refractivity contribution in [2.45, 2.75) is 44.8 Å². The second-order valence-electron chi connectivity index (χ2n) is 6.90. The molecule has 1 aliphatic rings. The minimum absolute atomic E-state index is 0. The quantitative estimate of drug-likeness (QED) is 0.678. The van der Waals surface area contributed by atoms with Crippen LogP contribution in [-0.2, 0) is 22.6 Å². The molecule has 3 nitrogen and oxygen atoms in total. The second-order valence-corrected chi connectivity index (χ2v) is 6.90. The Labute approximate surface area is 162 Å². The molecule has 1 fully saturated rings. The molecule has 2 aromatic carbocycles. The number of methoxy groups -OCH3 is 1. The molecule has 3 rings (SSSR count). The van der Waals surface area contributed by atoms with Gasteiger partial charge < -0.3 is 4.74 Å². The Morgan fingerprint density at radius 2 is 1.35 bits per heavy atom. The fourth-order valence-corrected chi connectivity index (χ4v) is 3.79. The smallest absolute Gasteiger partial charge is 0.308 e. The molecule has 1 aliphatic carbocycles. The molecule has 140 valence electrons. The van der Waals surface area contributed by atoms with Gasteiger partial charge in [0.15, 0.2) is 0 Å². The molecule has 0 atom stereocenters. The predicted octanol–water partition coefficient (Wildman–Crippen LogP) is 4.84. The van der Waals surface area contributed by atoms with Crippen LogP contribution in [0.25, 0.3) is 0 Å². The van der Waals surface area contributed by atoms with Gasteiger partial charge in [-0.25, -0.2) is 0 Å². The number of ether oxygens (including phenoxy) is 1. The molecule has 0 heterocycles. The van der Waals surface area contributed by atoms with E-state index in [9.17, 15) is 4.79 Å². The molecule has 0 N–H and O–H groups in total. The number of carbonyl (C=O) groups is 1. The number of hydrogen-bond acceptors (Lipinski definition) is 3. The lowest BCUT2D eigenvalue weighted by Crippen LogP contribution is -2.38. The van der Waals surface area contributed by atoms with Gasteiger partial charge >= 0.3 is 5.97 Å². The minimum Gasteiger partial charge on any atom is -0.469 e. The van der Waals surface area contributed by atoms with E-state index in [2.05, 4.69) is 65.6 Å². The molecule has 2 aromatic rings. The van der Waals surface area contributed by atoms with E-state index in [0.29, 0.717) is 6.04 Å². The first-order chi connectivity index (χ1) is 12.3. The zero-order valence-corrected chi connectivity index (χ0v) is 16.2. The maximum atomic E-state index is 11.8. The first-order valence-corrected chi connectivity index (χ1v) is 9.16. The third-order valence-electron chi connectivity index (χ3n) is 5.20. The summed E-state index contributed by atoms with van der Waals surface area (Å²) in [5.41, 5.74) is 2.68. The van der Waals surface area contributed by atoms with Gasteiger partial charge in [0.2, 0.25) is 0 Å². The van der Waals surface area contributed by atoms with Gasteiger partial charge in [-0.1, -0.05) is 60.7 Å². The third kappa shape index (κ3) is 5.58. The Morgan fingerprint density at radius 1 is 0.885 bits per heavy atom. The molecule has 0 bridgehead atoms. The molecule has 26 heavy (non-hydrogen) atoms. The Kier molecular flexibility index (Phi) is 8.14. The van der Waals surface area contributed by atoms with Gasteiger partial charge in [0.1, 0.15) is 0 Å². The predicted molar refractivity (Wildman–Crippen MR) is 107 cm³/mol. The Balaban J connectivity index is 0.00000243. The SMILES string of the molecule is COC(=O)C1CCC(N(Cc2ccccc2)Cc2ccccc2)CC1.Cl. The second kappa shape index (κ2) is 10.3. The molecule has 1 saturated carbocycles. The van der Waals surface area contributed by atoms with Crippen molar-refractivity contribution >= 4 is 18.4 Å². The van der Waals surface area contributed by atoms with Crippen molar-refractivity contribution in [1.82, 2.24) is 4.90 Å². The monoisotopic (exact) mass is 373 g/mol. The van der Waals surface area contributed by atoms with Crippen LogP contribution in [0.15, 0.2) is 60.7 Å². The van der Waals surface area contributed by atoms with Crippen LogP contribution in [-0.4, -0.2) is 24.0 Å². The lowest BCUT2D eigenvalue weighted by Gasteiger charge is -2.36. The lowest BCUT2D eigenvalue weighted by molar-refractivity contribution is -0.147. The fourth-order valence-electron chi connectivity index (χ4n) is 3.79. The molecule has 0 aliphatic heterocycles. The summed E-state index contributed by atoms with van der Waals surface area (Å²) in [6, 6.07) is 21.8. The molecule has 0 amide bonds. The van der Waals surface area contributed by atoms with E-state index >= 15 is 0 Å². The Bertz CT molecular complexity index is 613. The van der Waals surface area contributed by atoms with Gasteiger partial charge in [0.25, 0.3) is 0 Å². The topological polar surface area (TPSA) is 29.5 Å². The standard InChI is InChI=1S/C22H27NO2.ClH/c1-25-22(24)20-12-14-21(15-13-20)23(16-18-8-4-2-5-9-18)17-19-10-6-3-7-11-19;/h2-11,20-21H,12-17H2,1H3;1H. The van der Waals surface area contributed by atoms with Gasteiger partial charge in [-0.15, -0.1) is 12.4 Å². The van der Waals surface area contributed by atoms with Crippen LogP contribution in [0.3, 0.4) is 0 Å². The number of esters is 1. The molecule has 0 unspecified atom stereocenters. The van der Waals surface area contributed by atoms with E-state index in [0.717, 1.165) is 38.8 Å². The van der Waals surface area contributed by atoms with Crippen LogP contribution in [0.5, 0.6) is 0 Å². The molecular weight excluding hydrogens is 346 g/mol. The lowest BCUT2D eigenvalue weighted by atomic mass is 9.85. The average Bonchev–Trinajstić information content (AvgIpc) is 2.68. The van der Waals surface area contributed by atoms with Crippen LogP contribution in [0, 0.1) is 5.92 Å². The number of benzene rings is 2. The van der Waals surface area contributed by atoms with Crippen LogP contribution in [0.2, 0.25) is 0 Å². The molecular formula is C22H28ClNO2. The summed E-state index contributed by atoms with van der Waals surface area (Å²) in [6.45, 7) is 1.90. The van der Waals surface area contributed by atoms with Gasteiger partial charge in [0.05, 0.1) is 13.0 Å². The van der Waals surface area contributed by atoms with Crippen LogP contribution < -0.4 is 0 Å². The summed E-state index contributed by atoms with van der Waals surface area (Å²) in [4.78, 5) is 14.4. The average molecular weight is 374 g/mol. The highest BCUT2D eigenvalue weighted by Gasteiger charge is 2.30. The Hall–Kier alpha value is -1.84. The highest BCUT2D eigenvalue weighted by Crippen LogP contribution is 2.30. The maximum Gasteiger partial charge on any atom is 0.308 e. The van der Waals surface area contributed by atoms with Crippen LogP contribution in [0.1, 0.15) is 36.8 Å². The van der Waals surface area contributed by atoms with Crippen molar-refractivity contribution in [2.75, 3.05) is 7.11 Å². The zero-order valence-electron chi connectivity index (χ0n) is 15.3. The van der Waals surface area contributed by atoms with E-state index < -0.39 is 0 Å². The summed E-state index contributed by atoms with van der Waals surface area (Å²) in [5, 5.41) is 0. The highest BCUT2D eigenvalue weighted by atomic mass is 35.5. The van der Waals surface area contributed by atoms with Crippen molar-refractivity contribution in [3.05, 3.63) is 71.8 Å². The number of hydrogen-bond donors (Lipinski definition) is 0. The number of halogens is 1. The molecule has 4 heteroatoms. The summed E-state index contributed by atoms with van der Waals surface area (Å²) >= 11 is 0. The van der Waals surface area contributed by atoms with Crippen LogP contribution in [0.4, 0.5) is 0 Å². The largest absolute Gasteiger partial charge is 0.469 e. The van der Waals surface area contributed by atoms with Crippen molar-refractivity contribution in [1.29, 1.82) is 0 Å². The van der Waals surface area contributed by atoms with E-state index in [4.69, 9.17) is 4.74 Å². The van der Waals surface area contributed by atoms with Crippen LogP contribution >= 0.6 is 12.4 Å². The van der Waals surface area contributed by atoms with Crippen molar-refractivity contribution < 1.29 is 9.53 Å². The third-order valence-corrected chi connectivity index (χ3v) is 5.20. The normalized spacial score (nSPS) is 19.6. The first-order valence-electron chi connectivity index (χ1n) is 9.16. The first kappa shape index (κ1) is 20.5.